The maximum atomic E-state index is 12.1. The summed E-state index contributed by atoms with van der Waals surface area (Å²) in [7, 11) is 0. The third-order valence-electron chi connectivity index (χ3n) is 3.02. The first kappa shape index (κ1) is 13.6. The molecule has 1 amide bonds. The van der Waals surface area contributed by atoms with Crippen LogP contribution in [0, 0.1) is 0 Å². The van der Waals surface area contributed by atoms with Crippen molar-refractivity contribution in [1.82, 2.24) is 4.90 Å². The fourth-order valence-corrected chi connectivity index (χ4v) is 2.35. The normalized spacial score (nSPS) is 24.6. The average Bonchev–Trinajstić information content (AvgIpc) is 2.79. The Morgan fingerprint density at radius 1 is 1.47 bits per heavy atom. The predicted molar refractivity (Wildman–Crippen MR) is 65.4 cm³/mol. The number of carboxylic acids is 1. The number of nitrogens with zero attached hydrogens (tertiary/aromatic N) is 1. The van der Waals surface area contributed by atoms with Gasteiger partial charge in [-0.15, -0.1) is 0 Å². The van der Waals surface area contributed by atoms with Crippen LogP contribution in [-0.4, -0.2) is 40.1 Å². The summed E-state index contributed by atoms with van der Waals surface area (Å²) in [4.78, 5) is 24.9. The van der Waals surface area contributed by atoms with Gasteiger partial charge in [0.15, 0.2) is 6.10 Å². The van der Waals surface area contributed by atoms with Crippen molar-refractivity contribution in [2.45, 2.75) is 38.5 Å². The molecule has 0 spiro atoms. The number of carbonyl (C=O) groups is 2. The van der Waals surface area contributed by atoms with Crippen LogP contribution in [0.15, 0.2) is 22.8 Å². The van der Waals surface area contributed by atoms with Crippen LogP contribution in [0.5, 0.6) is 0 Å². The molecule has 1 fully saturated rings. The van der Waals surface area contributed by atoms with E-state index in [1.807, 2.05) is 20.8 Å². The van der Waals surface area contributed by atoms with Crippen LogP contribution in [-0.2, 0) is 14.3 Å². The molecule has 1 aliphatic rings. The molecule has 2 atom stereocenters. The number of amides is 1. The van der Waals surface area contributed by atoms with Crippen LogP contribution in [0.2, 0.25) is 0 Å². The van der Waals surface area contributed by atoms with E-state index in [1.54, 1.807) is 12.1 Å². The Morgan fingerprint density at radius 3 is 2.63 bits per heavy atom. The van der Waals surface area contributed by atoms with Crippen LogP contribution in [0.1, 0.15) is 32.6 Å². The highest BCUT2D eigenvalue weighted by atomic mass is 16.5. The number of aliphatic carboxylic acids is 1. The second kappa shape index (κ2) is 4.70. The number of carboxylic acid groups (broad SMARTS) is 1. The molecular weight excluding hydrogens is 250 g/mol. The maximum Gasteiger partial charge on any atom is 0.335 e. The monoisotopic (exact) mass is 267 g/mol. The highest BCUT2D eigenvalue weighted by Crippen LogP contribution is 2.35. The summed E-state index contributed by atoms with van der Waals surface area (Å²) in [5, 5.41) is 9.27. The Hall–Kier alpha value is -1.82. The van der Waals surface area contributed by atoms with Crippen LogP contribution in [0.4, 0.5) is 0 Å². The molecule has 1 N–H and O–H groups in total. The van der Waals surface area contributed by atoms with E-state index in [0.29, 0.717) is 5.76 Å². The highest BCUT2D eigenvalue weighted by molar-refractivity contribution is 5.83. The molecule has 19 heavy (non-hydrogen) atoms. The summed E-state index contributed by atoms with van der Waals surface area (Å²) >= 11 is 0. The zero-order valence-electron chi connectivity index (χ0n) is 11.1. The van der Waals surface area contributed by atoms with E-state index in [-0.39, 0.29) is 12.5 Å². The van der Waals surface area contributed by atoms with Gasteiger partial charge in [-0.1, -0.05) is 0 Å². The Balaban J connectivity index is 2.47. The number of hydrogen-bond donors (Lipinski definition) is 1. The third-order valence-corrected chi connectivity index (χ3v) is 3.02. The van der Waals surface area contributed by atoms with Crippen LogP contribution < -0.4 is 0 Å². The third kappa shape index (κ3) is 2.49. The smallest absolute Gasteiger partial charge is 0.335 e. The van der Waals surface area contributed by atoms with Gasteiger partial charge in [-0.05, 0) is 32.9 Å². The molecule has 2 heterocycles. The van der Waals surface area contributed by atoms with Crippen molar-refractivity contribution in [3.63, 3.8) is 0 Å². The maximum absolute atomic E-state index is 12.1. The molecule has 0 aromatic carbocycles. The number of ether oxygens (including phenoxy) is 1. The molecule has 104 valence electrons. The van der Waals surface area contributed by atoms with Crippen molar-refractivity contribution in [3.8, 4) is 0 Å². The summed E-state index contributed by atoms with van der Waals surface area (Å²) in [6.45, 7) is 5.33. The summed E-state index contributed by atoms with van der Waals surface area (Å²) in [6.07, 6.45) is 0.330. The van der Waals surface area contributed by atoms with Crippen LogP contribution in [0.3, 0.4) is 0 Å². The second-order valence-corrected chi connectivity index (χ2v) is 5.46. The van der Waals surface area contributed by atoms with E-state index in [9.17, 15) is 14.7 Å². The molecule has 6 heteroatoms. The van der Waals surface area contributed by atoms with Crippen molar-refractivity contribution in [2.24, 2.45) is 0 Å². The molecule has 1 aromatic heterocycles. The zero-order valence-corrected chi connectivity index (χ0v) is 11.1. The number of morpholine rings is 1. The lowest BCUT2D eigenvalue weighted by molar-refractivity contribution is -0.181. The molecule has 2 unspecified atom stereocenters. The molecule has 6 nitrogen and oxygen atoms in total. The topological polar surface area (TPSA) is 80.0 Å². The van der Waals surface area contributed by atoms with E-state index in [4.69, 9.17) is 9.15 Å². The van der Waals surface area contributed by atoms with Gasteiger partial charge in [0.2, 0.25) is 5.91 Å². The summed E-state index contributed by atoms with van der Waals surface area (Å²) in [6, 6.07) is 2.56. The second-order valence-electron chi connectivity index (χ2n) is 5.46. The van der Waals surface area contributed by atoms with Gasteiger partial charge in [-0.2, -0.15) is 0 Å². The molecule has 2 rings (SSSR count). The Labute approximate surface area is 110 Å². The zero-order chi connectivity index (χ0) is 14.2. The summed E-state index contributed by atoms with van der Waals surface area (Å²) < 4.78 is 10.5. The molecule has 0 bridgehead atoms. The van der Waals surface area contributed by atoms with Gasteiger partial charge in [-0.25, -0.2) is 4.79 Å². The summed E-state index contributed by atoms with van der Waals surface area (Å²) in [5.74, 6) is -0.940. The molecule has 1 aromatic rings. The number of rotatable bonds is 2. The number of hydrogen-bond acceptors (Lipinski definition) is 4. The van der Waals surface area contributed by atoms with E-state index in [1.165, 1.54) is 11.2 Å². The van der Waals surface area contributed by atoms with Gasteiger partial charge in [-0.3, -0.25) is 4.79 Å². The molecular formula is C13H17NO5. The summed E-state index contributed by atoms with van der Waals surface area (Å²) in [5.41, 5.74) is -0.522. The lowest BCUT2D eigenvalue weighted by Crippen LogP contribution is -2.58. The first-order valence-electron chi connectivity index (χ1n) is 6.02. The van der Waals surface area contributed by atoms with E-state index < -0.39 is 23.7 Å². The largest absolute Gasteiger partial charge is 0.479 e. The Morgan fingerprint density at radius 2 is 2.16 bits per heavy atom. The number of furan rings is 1. The van der Waals surface area contributed by atoms with Gasteiger partial charge in [0.25, 0.3) is 0 Å². The number of carbonyl (C=O) groups excluding carboxylic acids is 1. The van der Waals surface area contributed by atoms with Crippen LogP contribution >= 0.6 is 0 Å². The minimum Gasteiger partial charge on any atom is -0.479 e. The quantitative estimate of drug-likeness (QED) is 0.876. The molecule has 1 saturated heterocycles. The fraction of sp³-hybridized carbons (Fsp3) is 0.538. The van der Waals surface area contributed by atoms with Gasteiger partial charge < -0.3 is 19.2 Å². The fourth-order valence-electron chi connectivity index (χ4n) is 2.35. The predicted octanol–water partition coefficient (Wildman–Crippen LogP) is 1.43. The van der Waals surface area contributed by atoms with Crippen molar-refractivity contribution < 1.29 is 23.8 Å². The Kier molecular flexibility index (Phi) is 3.36. The minimum atomic E-state index is -1.12. The highest BCUT2D eigenvalue weighted by Gasteiger charge is 2.47. The lowest BCUT2D eigenvalue weighted by atomic mass is 9.96. The van der Waals surface area contributed by atoms with Gasteiger partial charge in [0, 0.05) is 5.54 Å². The van der Waals surface area contributed by atoms with Gasteiger partial charge in [0.05, 0.1) is 6.26 Å². The van der Waals surface area contributed by atoms with Crippen molar-refractivity contribution in [1.29, 1.82) is 0 Å². The van der Waals surface area contributed by atoms with E-state index in [2.05, 4.69) is 0 Å². The van der Waals surface area contributed by atoms with E-state index >= 15 is 0 Å². The molecule has 0 saturated carbocycles. The SMILES string of the molecule is CC(C)(C)N1C(=O)COC(C(=O)O)C1c1ccco1. The van der Waals surface area contributed by atoms with Crippen LogP contribution in [0.25, 0.3) is 0 Å². The average molecular weight is 267 g/mol. The minimum absolute atomic E-state index is 0.231. The standard InChI is InChI=1S/C13H17NO5/c1-13(2,3)14-9(15)7-19-11(12(16)17)10(14)8-5-4-6-18-8/h4-6,10-11H,7H2,1-3H3,(H,16,17). The van der Waals surface area contributed by atoms with Gasteiger partial charge >= 0.3 is 5.97 Å². The van der Waals surface area contributed by atoms with Crippen molar-refractivity contribution in [3.05, 3.63) is 24.2 Å². The molecule has 0 aliphatic carbocycles. The van der Waals surface area contributed by atoms with Gasteiger partial charge in [0.1, 0.15) is 18.4 Å². The first-order chi connectivity index (χ1) is 8.82. The lowest BCUT2D eigenvalue weighted by Gasteiger charge is -2.45. The first-order valence-corrected chi connectivity index (χ1v) is 6.02. The van der Waals surface area contributed by atoms with Crippen molar-refractivity contribution in [2.75, 3.05) is 6.61 Å². The van der Waals surface area contributed by atoms with E-state index in [0.717, 1.165) is 0 Å². The Bertz CT molecular complexity index is 474. The molecule has 0 radical (unpaired) electrons. The van der Waals surface area contributed by atoms with Crippen molar-refractivity contribution >= 4 is 11.9 Å². The molecule has 1 aliphatic heterocycles.